The Labute approximate surface area is 178 Å². The standard InChI is InChI=1S/C23H35BrN2O2/c1-22(2,3)28-21(27)25-15-11-23(4,12-16-25)26-13-9-19(10-14-26)17-18-5-7-20(24)8-6-18/h5-8,19H,9-17H2,1-4H3. The number of benzene rings is 1. The van der Waals surface area contributed by atoms with Crippen LogP contribution in [0.1, 0.15) is 58.9 Å². The molecular formula is C23H35BrN2O2. The third kappa shape index (κ3) is 5.73. The molecule has 0 spiro atoms. The van der Waals surface area contributed by atoms with Crippen molar-refractivity contribution in [3.05, 3.63) is 34.3 Å². The van der Waals surface area contributed by atoms with Crippen LogP contribution in [0.25, 0.3) is 0 Å². The topological polar surface area (TPSA) is 32.8 Å². The molecule has 4 nitrogen and oxygen atoms in total. The molecule has 5 heteroatoms. The van der Waals surface area contributed by atoms with Gasteiger partial charge in [0.1, 0.15) is 5.60 Å². The number of rotatable bonds is 3. The first-order chi connectivity index (χ1) is 13.1. The van der Waals surface area contributed by atoms with Crippen molar-refractivity contribution in [1.29, 1.82) is 0 Å². The second-order valence-corrected chi connectivity index (χ2v) is 10.6. The van der Waals surface area contributed by atoms with Gasteiger partial charge in [-0.15, -0.1) is 0 Å². The summed E-state index contributed by atoms with van der Waals surface area (Å²) in [5, 5.41) is 0. The van der Waals surface area contributed by atoms with E-state index in [1.165, 1.54) is 37.9 Å². The van der Waals surface area contributed by atoms with Crippen LogP contribution in [0.15, 0.2) is 28.7 Å². The summed E-state index contributed by atoms with van der Waals surface area (Å²) in [6.07, 6.45) is 5.61. The molecule has 0 radical (unpaired) electrons. The molecule has 156 valence electrons. The Bertz CT molecular complexity index is 652. The average Bonchev–Trinajstić information content (AvgIpc) is 2.63. The molecule has 2 heterocycles. The number of hydrogen-bond acceptors (Lipinski definition) is 3. The van der Waals surface area contributed by atoms with E-state index in [4.69, 9.17) is 4.74 Å². The number of likely N-dealkylation sites (tertiary alicyclic amines) is 2. The van der Waals surface area contributed by atoms with E-state index in [0.29, 0.717) is 0 Å². The van der Waals surface area contributed by atoms with Crippen LogP contribution in [0.3, 0.4) is 0 Å². The van der Waals surface area contributed by atoms with Crippen LogP contribution in [0.2, 0.25) is 0 Å². The van der Waals surface area contributed by atoms with Gasteiger partial charge < -0.3 is 9.64 Å². The van der Waals surface area contributed by atoms with Gasteiger partial charge in [0.25, 0.3) is 0 Å². The number of carbonyl (C=O) groups is 1. The van der Waals surface area contributed by atoms with Gasteiger partial charge in [0.15, 0.2) is 0 Å². The smallest absolute Gasteiger partial charge is 0.410 e. The molecule has 0 atom stereocenters. The van der Waals surface area contributed by atoms with Crippen LogP contribution in [0.5, 0.6) is 0 Å². The second kappa shape index (κ2) is 8.74. The molecule has 2 fully saturated rings. The first-order valence-electron chi connectivity index (χ1n) is 10.6. The number of ether oxygens (including phenoxy) is 1. The fourth-order valence-electron chi connectivity index (χ4n) is 4.44. The van der Waals surface area contributed by atoms with Crippen molar-refractivity contribution in [2.45, 2.75) is 70.9 Å². The lowest BCUT2D eigenvalue weighted by atomic mass is 9.83. The predicted molar refractivity (Wildman–Crippen MR) is 118 cm³/mol. The van der Waals surface area contributed by atoms with E-state index in [1.54, 1.807) is 0 Å². The molecular weight excluding hydrogens is 416 g/mol. The van der Waals surface area contributed by atoms with Gasteiger partial charge in [-0.2, -0.15) is 0 Å². The summed E-state index contributed by atoms with van der Waals surface area (Å²) in [7, 11) is 0. The van der Waals surface area contributed by atoms with Crippen molar-refractivity contribution in [2.75, 3.05) is 26.2 Å². The van der Waals surface area contributed by atoms with E-state index in [1.807, 2.05) is 25.7 Å². The number of amides is 1. The van der Waals surface area contributed by atoms with Crippen molar-refractivity contribution < 1.29 is 9.53 Å². The average molecular weight is 451 g/mol. The normalized spacial score (nSPS) is 21.5. The van der Waals surface area contributed by atoms with Gasteiger partial charge >= 0.3 is 6.09 Å². The Morgan fingerprint density at radius 3 is 2.21 bits per heavy atom. The fraction of sp³-hybridized carbons (Fsp3) is 0.696. The number of nitrogens with zero attached hydrogens (tertiary/aromatic N) is 2. The Balaban J connectivity index is 1.46. The highest BCUT2D eigenvalue weighted by Crippen LogP contribution is 2.33. The van der Waals surface area contributed by atoms with E-state index in [-0.39, 0.29) is 11.6 Å². The molecule has 0 N–H and O–H groups in total. The van der Waals surface area contributed by atoms with Gasteiger partial charge in [-0.25, -0.2) is 4.79 Å². The highest BCUT2D eigenvalue weighted by Gasteiger charge is 2.39. The van der Waals surface area contributed by atoms with Gasteiger partial charge in [0.2, 0.25) is 0 Å². The van der Waals surface area contributed by atoms with Gasteiger partial charge in [0.05, 0.1) is 0 Å². The maximum Gasteiger partial charge on any atom is 0.410 e. The van der Waals surface area contributed by atoms with Crippen molar-refractivity contribution in [2.24, 2.45) is 5.92 Å². The molecule has 1 aromatic carbocycles. The monoisotopic (exact) mass is 450 g/mol. The van der Waals surface area contributed by atoms with Crippen molar-refractivity contribution in [3.8, 4) is 0 Å². The summed E-state index contributed by atoms with van der Waals surface area (Å²) < 4.78 is 6.69. The summed E-state index contributed by atoms with van der Waals surface area (Å²) in [5.74, 6) is 0.780. The van der Waals surface area contributed by atoms with E-state index < -0.39 is 5.60 Å². The van der Waals surface area contributed by atoms with Crippen molar-refractivity contribution >= 4 is 22.0 Å². The predicted octanol–water partition coefficient (Wildman–Crippen LogP) is 5.49. The molecule has 2 aliphatic heterocycles. The molecule has 0 aromatic heterocycles. The number of piperidine rings is 2. The maximum atomic E-state index is 12.3. The molecule has 0 saturated carbocycles. The minimum Gasteiger partial charge on any atom is -0.444 e. The lowest BCUT2D eigenvalue weighted by Gasteiger charge is -2.49. The van der Waals surface area contributed by atoms with Crippen molar-refractivity contribution in [1.82, 2.24) is 9.80 Å². The molecule has 1 amide bonds. The maximum absolute atomic E-state index is 12.3. The van der Waals surface area contributed by atoms with E-state index >= 15 is 0 Å². The fourth-order valence-corrected chi connectivity index (χ4v) is 4.71. The van der Waals surface area contributed by atoms with Crippen LogP contribution in [0.4, 0.5) is 4.79 Å². The van der Waals surface area contributed by atoms with Crippen LogP contribution in [-0.2, 0) is 11.2 Å². The quantitative estimate of drug-likeness (QED) is 0.609. The minimum atomic E-state index is -0.422. The second-order valence-electron chi connectivity index (χ2n) is 9.73. The summed E-state index contributed by atoms with van der Waals surface area (Å²) in [5.41, 5.74) is 1.23. The lowest BCUT2D eigenvalue weighted by molar-refractivity contribution is -0.0105. The van der Waals surface area contributed by atoms with E-state index in [2.05, 4.69) is 52.0 Å². The van der Waals surface area contributed by atoms with E-state index in [0.717, 1.165) is 36.3 Å². The third-order valence-electron chi connectivity index (χ3n) is 6.31. The Morgan fingerprint density at radius 2 is 1.68 bits per heavy atom. The largest absolute Gasteiger partial charge is 0.444 e. The Hall–Kier alpha value is -1.07. The van der Waals surface area contributed by atoms with Crippen LogP contribution in [0, 0.1) is 5.92 Å². The zero-order chi connectivity index (χ0) is 20.4. The highest BCUT2D eigenvalue weighted by molar-refractivity contribution is 9.10. The molecule has 2 aliphatic rings. The molecule has 2 saturated heterocycles. The third-order valence-corrected chi connectivity index (χ3v) is 6.84. The summed E-state index contributed by atoms with van der Waals surface area (Å²) in [4.78, 5) is 16.9. The highest BCUT2D eigenvalue weighted by atomic mass is 79.9. The van der Waals surface area contributed by atoms with Crippen LogP contribution >= 0.6 is 15.9 Å². The first kappa shape index (κ1) is 21.6. The minimum absolute atomic E-state index is 0.164. The number of carbonyl (C=O) groups excluding carboxylic acids is 1. The van der Waals surface area contributed by atoms with Gasteiger partial charge in [0, 0.05) is 23.1 Å². The summed E-state index contributed by atoms with van der Waals surface area (Å²) in [6, 6.07) is 8.77. The van der Waals surface area contributed by atoms with Crippen LogP contribution in [-0.4, -0.2) is 53.2 Å². The van der Waals surface area contributed by atoms with Gasteiger partial charge in [-0.1, -0.05) is 28.1 Å². The number of halogens is 1. The Kier molecular flexibility index (Phi) is 6.76. The molecule has 0 bridgehead atoms. The van der Waals surface area contributed by atoms with E-state index in [9.17, 15) is 4.79 Å². The van der Waals surface area contributed by atoms with Gasteiger partial charge in [-0.05, 0) is 96.5 Å². The zero-order valence-electron chi connectivity index (χ0n) is 17.8. The molecule has 1 aromatic rings. The van der Waals surface area contributed by atoms with Gasteiger partial charge in [-0.3, -0.25) is 4.90 Å². The number of hydrogen-bond donors (Lipinski definition) is 0. The molecule has 28 heavy (non-hydrogen) atoms. The Morgan fingerprint density at radius 1 is 1.11 bits per heavy atom. The summed E-state index contributed by atoms with van der Waals surface area (Å²) in [6.45, 7) is 12.1. The molecule has 0 unspecified atom stereocenters. The molecule has 3 rings (SSSR count). The SMILES string of the molecule is CC(C)(C)OC(=O)N1CCC(C)(N2CCC(Cc3ccc(Br)cc3)CC2)CC1. The molecule has 0 aliphatic carbocycles. The lowest BCUT2D eigenvalue weighted by Crippen LogP contribution is -2.56. The van der Waals surface area contributed by atoms with Crippen molar-refractivity contribution in [3.63, 3.8) is 0 Å². The zero-order valence-corrected chi connectivity index (χ0v) is 19.4. The van der Waals surface area contributed by atoms with Crippen LogP contribution < -0.4 is 0 Å². The summed E-state index contributed by atoms with van der Waals surface area (Å²) >= 11 is 3.52. The first-order valence-corrected chi connectivity index (χ1v) is 11.4.